The second-order valence-electron chi connectivity index (χ2n) is 4.80. The van der Waals surface area contributed by atoms with Crippen LogP contribution < -0.4 is 0 Å². The van der Waals surface area contributed by atoms with Gasteiger partial charge in [0.25, 0.3) is 10.1 Å². The Labute approximate surface area is 123 Å². The minimum Gasteiger partial charge on any atom is -0.591 e. The van der Waals surface area contributed by atoms with Crippen LogP contribution in [0.1, 0.15) is 52.9 Å². The van der Waals surface area contributed by atoms with Gasteiger partial charge in [-0.1, -0.05) is 44.7 Å². The number of rotatable bonds is 6. The van der Waals surface area contributed by atoms with Crippen molar-refractivity contribution in [1.82, 2.24) is 4.31 Å². The van der Waals surface area contributed by atoms with Crippen molar-refractivity contribution in [3.8, 4) is 0 Å². The van der Waals surface area contributed by atoms with Gasteiger partial charge in [0.2, 0.25) is 0 Å². The molecule has 1 heterocycles. The fraction of sp³-hybridized carbons (Fsp3) is 0.917. The number of hydrogen-bond donors (Lipinski definition) is 0. The van der Waals surface area contributed by atoms with Gasteiger partial charge in [-0.15, -0.1) is 11.6 Å². The molecule has 1 aliphatic heterocycles. The summed E-state index contributed by atoms with van der Waals surface area (Å²) in [5, 5.41) is 0. The molecule has 106 valence electrons. The number of unbranched alkanes of at least 4 members (excludes halogenated alkanes) is 3. The van der Waals surface area contributed by atoms with Crippen LogP contribution in [0.25, 0.3) is 0 Å². The average Bonchev–Trinajstić information content (AvgIpc) is 2.47. The molecule has 1 amide bonds. The first-order chi connectivity index (χ1) is 8.32. The van der Waals surface area contributed by atoms with Gasteiger partial charge < -0.3 is 4.55 Å². The lowest BCUT2D eigenvalue weighted by molar-refractivity contribution is -0.127. The zero-order valence-corrected chi connectivity index (χ0v) is 13.5. The number of amides is 1. The zero-order chi connectivity index (χ0) is 14.0. The van der Waals surface area contributed by atoms with Gasteiger partial charge >= 0.3 is 0 Å². The monoisotopic (exact) mass is 313 g/mol. The molecule has 0 saturated carbocycles. The Morgan fingerprint density at radius 2 is 1.89 bits per heavy atom. The molecule has 0 radical (unpaired) electrons. The number of hydrogen-bond acceptors (Lipinski definition) is 2. The third-order valence-electron chi connectivity index (χ3n) is 3.48. The van der Waals surface area contributed by atoms with Crippen molar-refractivity contribution in [2.75, 3.05) is 6.54 Å². The first-order valence-electron chi connectivity index (χ1n) is 6.44. The summed E-state index contributed by atoms with van der Waals surface area (Å²) in [6.45, 7) is 5.97. The maximum absolute atomic E-state index is 12.3. The quantitative estimate of drug-likeness (QED) is 0.428. The summed E-state index contributed by atoms with van der Waals surface area (Å²) < 4.78 is 12.5. The largest absolute Gasteiger partial charge is 0.591 e. The molecule has 3 atom stereocenters. The van der Waals surface area contributed by atoms with E-state index in [-0.39, 0.29) is 5.91 Å². The second-order valence-corrected chi connectivity index (χ2v) is 8.06. The summed E-state index contributed by atoms with van der Waals surface area (Å²) in [6, 6.07) is 0. The standard InChI is InChI=1S/C12H21Cl2NO2S/c1-4-6-7-8-9-15-10(16)11(3,13)12(14,5-2)18(15)17/h4-9H2,1-3H3. The van der Waals surface area contributed by atoms with Gasteiger partial charge in [-0.25, -0.2) is 0 Å². The minimum absolute atomic E-state index is 0.309. The molecular formula is C12H21Cl2NO2S. The highest BCUT2D eigenvalue weighted by Gasteiger charge is 2.70. The molecule has 18 heavy (non-hydrogen) atoms. The van der Waals surface area contributed by atoms with E-state index >= 15 is 0 Å². The summed E-state index contributed by atoms with van der Waals surface area (Å²) in [7, 11) is 0. The van der Waals surface area contributed by atoms with Crippen LogP contribution in [-0.2, 0) is 16.2 Å². The van der Waals surface area contributed by atoms with E-state index in [1.54, 1.807) is 13.8 Å². The third-order valence-corrected chi connectivity index (χ3v) is 7.21. The number of halogens is 2. The molecule has 1 rings (SSSR count). The Hall–Kier alpha value is 0.360. The van der Waals surface area contributed by atoms with Gasteiger partial charge in [-0.3, -0.25) is 4.79 Å². The fourth-order valence-corrected chi connectivity index (χ4v) is 4.58. The van der Waals surface area contributed by atoms with E-state index in [9.17, 15) is 9.35 Å². The van der Waals surface area contributed by atoms with Gasteiger partial charge in [0.1, 0.15) is 0 Å². The van der Waals surface area contributed by atoms with Crippen molar-refractivity contribution in [3.63, 3.8) is 0 Å². The molecule has 0 aliphatic carbocycles. The van der Waals surface area contributed by atoms with Crippen molar-refractivity contribution < 1.29 is 9.35 Å². The molecule has 0 N–H and O–H groups in total. The van der Waals surface area contributed by atoms with E-state index in [4.69, 9.17) is 23.2 Å². The predicted molar refractivity (Wildman–Crippen MR) is 77.1 cm³/mol. The summed E-state index contributed by atoms with van der Waals surface area (Å²) in [5.41, 5.74) is 0. The molecule has 0 bridgehead atoms. The first-order valence-corrected chi connectivity index (χ1v) is 8.31. The lowest BCUT2D eigenvalue weighted by Gasteiger charge is -2.27. The summed E-state index contributed by atoms with van der Waals surface area (Å²) in [4.78, 5) is 10.9. The molecule has 0 spiro atoms. The lowest BCUT2D eigenvalue weighted by Crippen LogP contribution is -2.45. The Morgan fingerprint density at radius 1 is 1.28 bits per heavy atom. The second kappa shape index (κ2) is 6.21. The lowest BCUT2D eigenvalue weighted by atomic mass is 10.0. The Morgan fingerprint density at radius 3 is 2.33 bits per heavy atom. The van der Waals surface area contributed by atoms with Crippen LogP contribution in [-0.4, -0.2) is 30.4 Å². The zero-order valence-electron chi connectivity index (χ0n) is 11.2. The highest BCUT2D eigenvalue weighted by molar-refractivity contribution is 7.93. The molecule has 3 nitrogen and oxygen atoms in total. The predicted octanol–water partition coefficient (Wildman–Crippen LogP) is 3.42. The normalized spacial score (nSPS) is 36.4. The number of alkyl halides is 2. The molecule has 0 aromatic rings. The van der Waals surface area contributed by atoms with Crippen molar-refractivity contribution in [3.05, 3.63) is 0 Å². The summed E-state index contributed by atoms with van der Waals surface area (Å²) >= 11 is 11.0. The van der Waals surface area contributed by atoms with E-state index < -0.39 is 20.4 Å². The van der Waals surface area contributed by atoms with E-state index in [0.29, 0.717) is 13.0 Å². The SMILES string of the molecule is CCCCCCN1C(=O)C(C)(Cl)C(Cl)(CC)[S+]1[O-]. The van der Waals surface area contributed by atoms with Crippen LogP contribution in [0.4, 0.5) is 0 Å². The van der Waals surface area contributed by atoms with Gasteiger partial charge in [-0.05, 0) is 13.3 Å². The van der Waals surface area contributed by atoms with Crippen molar-refractivity contribution in [1.29, 1.82) is 0 Å². The topological polar surface area (TPSA) is 43.4 Å². The smallest absolute Gasteiger partial charge is 0.291 e. The van der Waals surface area contributed by atoms with Crippen LogP contribution in [0.5, 0.6) is 0 Å². The van der Waals surface area contributed by atoms with Gasteiger partial charge in [0.05, 0.1) is 17.9 Å². The first kappa shape index (κ1) is 16.4. The fourth-order valence-electron chi connectivity index (χ4n) is 2.13. The average molecular weight is 314 g/mol. The minimum atomic E-state index is -1.55. The third kappa shape index (κ3) is 2.62. The Bertz CT molecular complexity index is 314. The number of carbonyl (C=O) groups excluding carboxylic acids is 1. The van der Waals surface area contributed by atoms with Gasteiger partial charge in [0.15, 0.2) is 4.87 Å². The summed E-state index contributed by atoms with van der Waals surface area (Å²) in [5.74, 6) is -0.309. The highest BCUT2D eigenvalue weighted by atomic mass is 35.5. The highest BCUT2D eigenvalue weighted by Crippen LogP contribution is 2.50. The molecule has 3 unspecified atom stereocenters. The maximum Gasteiger partial charge on any atom is 0.291 e. The molecule has 1 fully saturated rings. The van der Waals surface area contributed by atoms with E-state index in [0.717, 1.165) is 25.7 Å². The number of carbonyl (C=O) groups is 1. The van der Waals surface area contributed by atoms with Gasteiger partial charge in [0, 0.05) is 6.42 Å². The van der Waals surface area contributed by atoms with Crippen LogP contribution in [0.3, 0.4) is 0 Å². The molecule has 0 aromatic carbocycles. The molecule has 1 saturated heterocycles. The van der Waals surface area contributed by atoms with Crippen LogP contribution in [0, 0.1) is 0 Å². The van der Waals surface area contributed by atoms with E-state index in [2.05, 4.69) is 6.92 Å². The van der Waals surface area contributed by atoms with E-state index in [1.165, 1.54) is 4.31 Å². The number of nitrogens with zero attached hydrogens (tertiary/aromatic N) is 1. The molecule has 1 aliphatic rings. The molecule has 0 aromatic heterocycles. The van der Waals surface area contributed by atoms with Gasteiger partial charge in [-0.2, -0.15) is 4.31 Å². The van der Waals surface area contributed by atoms with Crippen LogP contribution in [0.15, 0.2) is 0 Å². The van der Waals surface area contributed by atoms with Crippen LogP contribution >= 0.6 is 23.2 Å². The maximum atomic E-state index is 12.3. The van der Waals surface area contributed by atoms with Crippen molar-refractivity contribution in [2.24, 2.45) is 0 Å². The van der Waals surface area contributed by atoms with Crippen LogP contribution in [0.2, 0.25) is 0 Å². The Kier molecular flexibility index (Phi) is 5.66. The van der Waals surface area contributed by atoms with Crippen molar-refractivity contribution in [2.45, 2.75) is 62.0 Å². The molecule has 6 heteroatoms. The molecular weight excluding hydrogens is 293 g/mol. The van der Waals surface area contributed by atoms with Crippen molar-refractivity contribution >= 4 is 40.5 Å². The summed E-state index contributed by atoms with van der Waals surface area (Å²) in [6.07, 6.45) is 4.51. The Balaban J connectivity index is 2.74. The van der Waals surface area contributed by atoms with E-state index in [1.807, 2.05) is 0 Å².